The summed E-state index contributed by atoms with van der Waals surface area (Å²) in [5.74, 6) is 0. The van der Waals surface area contributed by atoms with Crippen LogP contribution in [-0.2, 0) is 11.2 Å². The first kappa shape index (κ1) is 10.9. The lowest BCUT2D eigenvalue weighted by Gasteiger charge is -2.31. The highest BCUT2D eigenvalue weighted by molar-refractivity contribution is 6.30. The summed E-state index contributed by atoms with van der Waals surface area (Å²) >= 11 is 6.01. The lowest BCUT2D eigenvalue weighted by Crippen LogP contribution is -2.39. The maximum atomic E-state index is 6.01. The quantitative estimate of drug-likeness (QED) is 0.836. The van der Waals surface area contributed by atoms with Crippen LogP contribution in [0.5, 0.6) is 0 Å². The first-order valence-electron chi connectivity index (χ1n) is 5.24. The van der Waals surface area contributed by atoms with Crippen molar-refractivity contribution in [3.63, 3.8) is 0 Å². The summed E-state index contributed by atoms with van der Waals surface area (Å²) in [4.78, 5) is 0. The van der Waals surface area contributed by atoms with Gasteiger partial charge in [-0.3, -0.25) is 0 Å². The molecule has 1 aromatic rings. The van der Waals surface area contributed by atoms with Gasteiger partial charge in [0.05, 0.1) is 12.6 Å². The summed E-state index contributed by atoms with van der Waals surface area (Å²) in [6, 6.07) is 6.89. The number of methoxy groups -OCH3 is 1. The SMILES string of the molecule is COCC1NC(C)Cc2ccc(Cl)cc21. The summed E-state index contributed by atoms with van der Waals surface area (Å²) in [6.07, 6.45) is 1.06. The van der Waals surface area contributed by atoms with E-state index in [1.54, 1.807) is 7.11 Å². The molecule has 0 aromatic heterocycles. The molecule has 2 rings (SSSR count). The number of nitrogens with one attached hydrogen (secondary N) is 1. The van der Waals surface area contributed by atoms with Crippen LogP contribution < -0.4 is 5.32 Å². The van der Waals surface area contributed by atoms with Gasteiger partial charge >= 0.3 is 0 Å². The smallest absolute Gasteiger partial charge is 0.0657 e. The molecule has 1 aliphatic heterocycles. The van der Waals surface area contributed by atoms with Crippen LogP contribution in [0.1, 0.15) is 24.1 Å². The summed E-state index contributed by atoms with van der Waals surface area (Å²) < 4.78 is 5.22. The molecular formula is C12H16ClNO. The highest BCUT2D eigenvalue weighted by Crippen LogP contribution is 2.28. The van der Waals surface area contributed by atoms with Crippen LogP contribution in [0.4, 0.5) is 0 Å². The van der Waals surface area contributed by atoms with Crippen LogP contribution in [0.3, 0.4) is 0 Å². The molecule has 1 N–H and O–H groups in total. The molecule has 0 aliphatic carbocycles. The van der Waals surface area contributed by atoms with Gasteiger partial charge in [-0.2, -0.15) is 0 Å². The van der Waals surface area contributed by atoms with E-state index in [1.807, 2.05) is 12.1 Å². The molecule has 3 heteroatoms. The maximum Gasteiger partial charge on any atom is 0.0657 e. The van der Waals surface area contributed by atoms with Crippen molar-refractivity contribution in [3.8, 4) is 0 Å². The van der Waals surface area contributed by atoms with Gasteiger partial charge in [-0.1, -0.05) is 17.7 Å². The third kappa shape index (κ3) is 2.33. The number of benzene rings is 1. The minimum Gasteiger partial charge on any atom is -0.383 e. The molecule has 0 amide bonds. The fourth-order valence-electron chi connectivity index (χ4n) is 2.20. The monoisotopic (exact) mass is 225 g/mol. The van der Waals surface area contributed by atoms with E-state index < -0.39 is 0 Å². The molecule has 2 atom stereocenters. The number of rotatable bonds is 2. The van der Waals surface area contributed by atoms with Crippen molar-refractivity contribution in [2.75, 3.05) is 13.7 Å². The molecule has 1 aliphatic rings. The Morgan fingerprint density at radius 1 is 1.53 bits per heavy atom. The third-order valence-corrected chi connectivity index (χ3v) is 3.06. The van der Waals surface area contributed by atoms with Crippen LogP contribution in [-0.4, -0.2) is 19.8 Å². The Kier molecular flexibility index (Phi) is 3.29. The van der Waals surface area contributed by atoms with Gasteiger partial charge in [0.15, 0.2) is 0 Å². The Morgan fingerprint density at radius 3 is 3.07 bits per heavy atom. The molecule has 0 bridgehead atoms. The number of fused-ring (bicyclic) bond motifs is 1. The minimum atomic E-state index is 0.271. The Hall–Kier alpha value is -0.570. The summed E-state index contributed by atoms with van der Waals surface area (Å²) in [6.45, 7) is 2.89. The molecule has 0 saturated carbocycles. The Bertz CT molecular complexity index is 353. The van der Waals surface area contributed by atoms with Gasteiger partial charge in [0.2, 0.25) is 0 Å². The number of ether oxygens (including phenoxy) is 1. The zero-order valence-corrected chi connectivity index (χ0v) is 9.84. The minimum absolute atomic E-state index is 0.271. The van der Waals surface area contributed by atoms with E-state index in [4.69, 9.17) is 16.3 Å². The first-order chi connectivity index (χ1) is 7.20. The zero-order chi connectivity index (χ0) is 10.8. The molecular weight excluding hydrogens is 210 g/mol. The van der Waals surface area contributed by atoms with Crippen LogP contribution in [0, 0.1) is 0 Å². The van der Waals surface area contributed by atoms with E-state index in [0.29, 0.717) is 12.6 Å². The molecule has 1 heterocycles. The maximum absolute atomic E-state index is 6.01. The second kappa shape index (κ2) is 4.52. The van der Waals surface area contributed by atoms with E-state index >= 15 is 0 Å². The van der Waals surface area contributed by atoms with Gasteiger partial charge in [0.1, 0.15) is 0 Å². The van der Waals surface area contributed by atoms with Crippen molar-refractivity contribution in [2.45, 2.75) is 25.4 Å². The van der Waals surface area contributed by atoms with Crippen LogP contribution in [0.15, 0.2) is 18.2 Å². The highest BCUT2D eigenvalue weighted by Gasteiger charge is 2.23. The van der Waals surface area contributed by atoms with E-state index in [-0.39, 0.29) is 6.04 Å². The second-order valence-corrected chi connectivity index (χ2v) is 4.56. The summed E-state index contributed by atoms with van der Waals surface area (Å²) in [5.41, 5.74) is 2.66. The third-order valence-electron chi connectivity index (χ3n) is 2.83. The van der Waals surface area contributed by atoms with E-state index in [2.05, 4.69) is 18.3 Å². The standard InChI is InChI=1S/C12H16ClNO/c1-8-5-9-3-4-10(13)6-11(9)12(14-8)7-15-2/h3-4,6,8,12,14H,5,7H2,1-2H3. The molecule has 0 fully saturated rings. The van der Waals surface area contributed by atoms with Crippen molar-refractivity contribution >= 4 is 11.6 Å². The molecule has 82 valence electrons. The molecule has 0 saturated heterocycles. The number of hydrogen-bond donors (Lipinski definition) is 1. The first-order valence-corrected chi connectivity index (χ1v) is 5.62. The molecule has 0 spiro atoms. The molecule has 2 nitrogen and oxygen atoms in total. The second-order valence-electron chi connectivity index (χ2n) is 4.12. The predicted octanol–water partition coefficient (Wildman–Crippen LogP) is 2.56. The molecule has 15 heavy (non-hydrogen) atoms. The molecule has 0 radical (unpaired) electrons. The van der Waals surface area contributed by atoms with Crippen LogP contribution in [0.25, 0.3) is 0 Å². The van der Waals surface area contributed by atoms with Crippen molar-refractivity contribution in [3.05, 3.63) is 34.3 Å². The van der Waals surface area contributed by atoms with Gasteiger partial charge in [0.25, 0.3) is 0 Å². The van der Waals surface area contributed by atoms with Crippen molar-refractivity contribution in [1.82, 2.24) is 5.32 Å². The lowest BCUT2D eigenvalue weighted by molar-refractivity contribution is 0.158. The largest absolute Gasteiger partial charge is 0.383 e. The topological polar surface area (TPSA) is 21.3 Å². The van der Waals surface area contributed by atoms with Gasteiger partial charge in [-0.25, -0.2) is 0 Å². The Morgan fingerprint density at radius 2 is 2.33 bits per heavy atom. The fraction of sp³-hybridized carbons (Fsp3) is 0.500. The van der Waals surface area contributed by atoms with Crippen molar-refractivity contribution in [2.24, 2.45) is 0 Å². The van der Waals surface area contributed by atoms with Crippen molar-refractivity contribution < 1.29 is 4.74 Å². The fourth-order valence-corrected chi connectivity index (χ4v) is 2.38. The predicted molar refractivity (Wildman–Crippen MR) is 62.4 cm³/mol. The average Bonchev–Trinajstić information content (AvgIpc) is 2.19. The number of halogens is 1. The zero-order valence-electron chi connectivity index (χ0n) is 9.09. The summed E-state index contributed by atoms with van der Waals surface area (Å²) in [7, 11) is 1.73. The van der Waals surface area contributed by atoms with Gasteiger partial charge in [-0.15, -0.1) is 0 Å². The molecule has 2 unspecified atom stereocenters. The highest BCUT2D eigenvalue weighted by atomic mass is 35.5. The Labute approximate surface area is 95.6 Å². The van der Waals surface area contributed by atoms with E-state index in [0.717, 1.165) is 11.4 Å². The van der Waals surface area contributed by atoms with Gasteiger partial charge in [0, 0.05) is 18.2 Å². The lowest BCUT2D eigenvalue weighted by atomic mass is 9.91. The summed E-state index contributed by atoms with van der Waals surface area (Å²) in [5, 5.41) is 4.31. The van der Waals surface area contributed by atoms with Gasteiger partial charge < -0.3 is 10.1 Å². The number of hydrogen-bond acceptors (Lipinski definition) is 2. The van der Waals surface area contributed by atoms with Crippen molar-refractivity contribution in [1.29, 1.82) is 0 Å². The van der Waals surface area contributed by atoms with Crippen LogP contribution in [0.2, 0.25) is 5.02 Å². The average molecular weight is 226 g/mol. The van der Waals surface area contributed by atoms with Crippen LogP contribution >= 0.6 is 11.6 Å². The van der Waals surface area contributed by atoms with E-state index in [1.165, 1.54) is 11.1 Å². The molecule has 1 aromatic carbocycles. The normalized spacial score (nSPS) is 25.0. The van der Waals surface area contributed by atoms with Gasteiger partial charge in [-0.05, 0) is 36.6 Å². The Balaban J connectivity index is 2.34. The van der Waals surface area contributed by atoms with E-state index in [9.17, 15) is 0 Å².